The maximum Gasteiger partial charge on any atom is 0.264 e. The zero-order valence-electron chi connectivity index (χ0n) is 11.0. The average molecular weight is 306 g/mol. The first kappa shape index (κ1) is 16.4. The van der Waals surface area contributed by atoms with Gasteiger partial charge in [0.15, 0.2) is 0 Å². The highest BCUT2D eigenvalue weighted by Crippen LogP contribution is 2.17. The third-order valence-corrected chi connectivity index (χ3v) is 3.72. The van der Waals surface area contributed by atoms with E-state index in [4.69, 9.17) is 4.18 Å². The average Bonchev–Trinajstić information content (AvgIpc) is 2.31. The molecule has 6 heteroatoms. The zero-order chi connectivity index (χ0) is 13.0. The fraction of sp³-hybridized carbons (Fsp3) is 0.538. The van der Waals surface area contributed by atoms with E-state index < -0.39 is 10.1 Å². The molecule has 0 unspecified atom stereocenters. The lowest BCUT2D eigenvalue weighted by molar-refractivity contribution is 0.102. The highest BCUT2D eigenvalue weighted by Gasteiger charge is 2.22. The molecular weight excluding hydrogens is 286 g/mol. The monoisotopic (exact) mass is 305 g/mol. The molecule has 4 nitrogen and oxygen atoms in total. The normalized spacial score (nSPS) is 17.9. The molecule has 0 aromatic heterocycles. The maximum absolute atomic E-state index is 11.0. The van der Waals surface area contributed by atoms with E-state index in [9.17, 15) is 8.42 Å². The van der Waals surface area contributed by atoms with Gasteiger partial charge in [0.25, 0.3) is 10.1 Å². The van der Waals surface area contributed by atoms with Gasteiger partial charge in [0.05, 0.1) is 12.4 Å². The summed E-state index contributed by atoms with van der Waals surface area (Å²) in [6, 6.07) is 10.3. The van der Waals surface area contributed by atoms with Gasteiger partial charge >= 0.3 is 0 Å². The number of benzene rings is 1. The van der Waals surface area contributed by atoms with Gasteiger partial charge in [-0.15, -0.1) is 12.4 Å². The van der Waals surface area contributed by atoms with E-state index in [1.807, 2.05) is 18.2 Å². The molecule has 1 aromatic rings. The molecule has 1 saturated heterocycles. The number of rotatable bonds is 4. The Morgan fingerprint density at radius 3 is 2.32 bits per heavy atom. The summed E-state index contributed by atoms with van der Waals surface area (Å²) >= 11 is 0. The van der Waals surface area contributed by atoms with Gasteiger partial charge in [-0.25, -0.2) is 0 Å². The van der Waals surface area contributed by atoms with E-state index in [0.717, 1.165) is 38.7 Å². The van der Waals surface area contributed by atoms with Crippen molar-refractivity contribution in [3.05, 3.63) is 35.9 Å². The van der Waals surface area contributed by atoms with Crippen LogP contribution < -0.4 is 0 Å². The van der Waals surface area contributed by atoms with Crippen LogP contribution in [0, 0.1) is 0 Å². The van der Waals surface area contributed by atoms with Crippen LogP contribution in [-0.2, 0) is 20.8 Å². The fourth-order valence-corrected chi connectivity index (χ4v) is 2.94. The van der Waals surface area contributed by atoms with E-state index in [1.54, 1.807) is 0 Å². The second-order valence-electron chi connectivity index (χ2n) is 4.76. The summed E-state index contributed by atoms with van der Waals surface area (Å²) < 4.78 is 27.1. The molecule has 0 atom stereocenters. The minimum absolute atomic E-state index is 0. The summed E-state index contributed by atoms with van der Waals surface area (Å²) in [6.07, 6.45) is 2.52. The second kappa shape index (κ2) is 7.24. The van der Waals surface area contributed by atoms with Gasteiger partial charge in [0.2, 0.25) is 0 Å². The van der Waals surface area contributed by atoms with Crippen molar-refractivity contribution in [3.63, 3.8) is 0 Å². The molecule has 0 spiro atoms. The van der Waals surface area contributed by atoms with Crippen LogP contribution in [0.25, 0.3) is 0 Å². The molecular formula is C13H20ClNO3S. The lowest BCUT2D eigenvalue weighted by Gasteiger charge is -2.31. The van der Waals surface area contributed by atoms with E-state index in [2.05, 4.69) is 17.0 Å². The third kappa shape index (κ3) is 5.91. The van der Waals surface area contributed by atoms with Crippen molar-refractivity contribution in [1.82, 2.24) is 4.90 Å². The van der Waals surface area contributed by atoms with E-state index >= 15 is 0 Å². The Morgan fingerprint density at radius 2 is 1.79 bits per heavy atom. The molecule has 1 heterocycles. The Balaban J connectivity index is 0.00000180. The number of piperidine rings is 1. The highest BCUT2D eigenvalue weighted by molar-refractivity contribution is 7.86. The smallest absolute Gasteiger partial charge is 0.264 e. The first-order chi connectivity index (χ1) is 8.53. The molecule has 0 bridgehead atoms. The SMILES string of the molecule is CS(=O)(=O)OC1CCN(Cc2ccccc2)CC1.Cl. The minimum atomic E-state index is -3.32. The van der Waals surface area contributed by atoms with Crippen molar-refractivity contribution < 1.29 is 12.6 Å². The summed E-state index contributed by atoms with van der Waals surface area (Å²) in [5.41, 5.74) is 1.29. The van der Waals surface area contributed by atoms with Crippen LogP contribution in [0.4, 0.5) is 0 Å². The van der Waals surface area contributed by atoms with Crippen LogP contribution in [-0.4, -0.2) is 38.8 Å². The van der Waals surface area contributed by atoms with Gasteiger partial charge < -0.3 is 0 Å². The molecule has 1 aromatic carbocycles. The van der Waals surface area contributed by atoms with Crippen molar-refractivity contribution in [2.75, 3.05) is 19.3 Å². The second-order valence-corrected chi connectivity index (χ2v) is 6.36. The fourth-order valence-electron chi connectivity index (χ4n) is 2.25. The van der Waals surface area contributed by atoms with Crippen molar-refractivity contribution in [2.45, 2.75) is 25.5 Å². The topological polar surface area (TPSA) is 46.6 Å². The largest absolute Gasteiger partial charge is 0.299 e. The van der Waals surface area contributed by atoms with Crippen LogP contribution in [0.15, 0.2) is 30.3 Å². The first-order valence-electron chi connectivity index (χ1n) is 6.17. The minimum Gasteiger partial charge on any atom is -0.299 e. The van der Waals surface area contributed by atoms with Gasteiger partial charge in [0, 0.05) is 19.6 Å². The maximum atomic E-state index is 11.0. The molecule has 108 valence electrons. The molecule has 0 N–H and O–H groups in total. The molecule has 19 heavy (non-hydrogen) atoms. The Hall–Kier alpha value is -0.620. The summed E-state index contributed by atoms with van der Waals surface area (Å²) in [5, 5.41) is 0. The van der Waals surface area contributed by atoms with Crippen LogP contribution in [0.2, 0.25) is 0 Å². The standard InChI is InChI=1S/C13H19NO3S.ClH/c1-18(15,16)17-13-7-9-14(10-8-13)11-12-5-3-2-4-6-12;/h2-6,13H,7-11H2,1H3;1H. The first-order valence-corrected chi connectivity index (χ1v) is 7.99. The predicted molar refractivity (Wildman–Crippen MR) is 77.9 cm³/mol. The molecule has 0 amide bonds. The predicted octanol–water partition coefficient (Wildman–Crippen LogP) is 2.05. The van der Waals surface area contributed by atoms with Crippen molar-refractivity contribution in [3.8, 4) is 0 Å². The number of hydrogen-bond acceptors (Lipinski definition) is 4. The van der Waals surface area contributed by atoms with E-state index in [-0.39, 0.29) is 18.5 Å². The summed E-state index contributed by atoms with van der Waals surface area (Å²) in [7, 11) is -3.32. The highest BCUT2D eigenvalue weighted by atomic mass is 35.5. The summed E-state index contributed by atoms with van der Waals surface area (Å²) in [4.78, 5) is 2.33. The Kier molecular flexibility index (Phi) is 6.26. The van der Waals surface area contributed by atoms with E-state index in [1.165, 1.54) is 5.56 Å². The number of halogens is 1. The molecule has 0 aliphatic carbocycles. The molecule has 1 aliphatic rings. The van der Waals surface area contributed by atoms with Gasteiger partial charge in [-0.3, -0.25) is 9.08 Å². The van der Waals surface area contributed by atoms with Crippen molar-refractivity contribution >= 4 is 22.5 Å². The quantitative estimate of drug-likeness (QED) is 0.799. The van der Waals surface area contributed by atoms with Crippen LogP contribution >= 0.6 is 12.4 Å². The van der Waals surface area contributed by atoms with Gasteiger partial charge in [0.1, 0.15) is 0 Å². The molecule has 2 rings (SSSR count). The van der Waals surface area contributed by atoms with Gasteiger partial charge in [-0.05, 0) is 18.4 Å². The Morgan fingerprint density at radius 1 is 1.21 bits per heavy atom. The molecule has 1 aliphatic heterocycles. The van der Waals surface area contributed by atoms with Crippen LogP contribution in [0.5, 0.6) is 0 Å². The van der Waals surface area contributed by atoms with Crippen LogP contribution in [0.1, 0.15) is 18.4 Å². The van der Waals surface area contributed by atoms with Crippen LogP contribution in [0.3, 0.4) is 0 Å². The zero-order valence-corrected chi connectivity index (χ0v) is 12.6. The third-order valence-electron chi connectivity index (χ3n) is 3.09. The van der Waals surface area contributed by atoms with E-state index in [0.29, 0.717) is 0 Å². The van der Waals surface area contributed by atoms with Crippen molar-refractivity contribution in [1.29, 1.82) is 0 Å². The molecule has 0 radical (unpaired) electrons. The Labute approximate surface area is 121 Å². The lowest BCUT2D eigenvalue weighted by atomic mass is 10.1. The number of likely N-dealkylation sites (tertiary alicyclic amines) is 1. The summed E-state index contributed by atoms with van der Waals surface area (Å²) in [6.45, 7) is 2.69. The summed E-state index contributed by atoms with van der Waals surface area (Å²) in [5.74, 6) is 0. The van der Waals surface area contributed by atoms with Gasteiger partial charge in [-0.1, -0.05) is 30.3 Å². The Bertz CT molecular complexity index is 470. The van der Waals surface area contributed by atoms with Gasteiger partial charge in [-0.2, -0.15) is 8.42 Å². The molecule has 1 fully saturated rings. The van der Waals surface area contributed by atoms with Crippen molar-refractivity contribution in [2.24, 2.45) is 0 Å². The lowest BCUT2D eigenvalue weighted by Crippen LogP contribution is -2.37. The molecule has 0 saturated carbocycles. The number of nitrogens with zero attached hydrogens (tertiary/aromatic N) is 1. The number of hydrogen-bond donors (Lipinski definition) is 0.